The summed E-state index contributed by atoms with van der Waals surface area (Å²) in [6, 6.07) is 12.5. The fourth-order valence-electron chi connectivity index (χ4n) is 8.79. The van der Waals surface area contributed by atoms with Gasteiger partial charge in [-0.1, -0.05) is 6.07 Å². The predicted octanol–water partition coefficient (Wildman–Crippen LogP) is 5.97. The van der Waals surface area contributed by atoms with Crippen LogP contribution in [0.3, 0.4) is 0 Å². The SMILES string of the molecule is N#Cc1ccc(OC2CCC(NC(=O)c3cnc(N4CCC(C(=O)N5CCC(n6ccc7c(N8CCC(=O)NC8=O)cccc76)CC5)CC4)nc3)CC2)cc1C(F)(F)F. The van der Waals surface area contributed by atoms with Gasteiger partial charge in [0.1, 0.15) is 5.75 Å². The van der Waals surface area contributed by atoms with Crippen LogP contribution in [0.2, 0.25) is 0 Å². The summed E-state index contributed by atoms with van der Waals surface area (Å²) in [4.78, 5) is 65.4. The van der Waals surface area contributed by atoms with E-state index in [4.69, 9.17) is 10.00 Å². The minimum atomic E-state index is -4.66. The van der Waals surface area contributed by atoms with Gasteiger partial charge in [0.25, 0.3) is 5.91 Å². The zero-order chi connectivity index (χ0) is 41.3. The fraction of sp³-hybridized carbons (Fsp3) is 0.452. The van der Waals surface area contributed by atoms with Gasteiger partial charge < -0.3 is 24.4 Å². The molecule has 0 spiro atoms. The van der Waals surface area contributed by atoms with Crippen molar-refractivity contribution in [1.29, 1.82) is 5.26 Å². The average molecular weight is 812 g/mol. The highest BCUT2D eigenvalue weighted by molar-refractivity contribution is 6.09. The Morgan fingerprint density at radius 2 is 1.63 bits per heavy atom. The molecule has 0 atom stereocenters. The lowest BCUT2D eigenvalue weighted by atomic mass is 9.92. The van der Waals surface area contributed by atoms with Crippen molar-refractivity contribution in [3.8, 4) is 11.8 Å². The third-order valence-electron chi connectivity index (χ3n) is 12.0. The number of fused-ring (bicyclic) bond motifs is 1. The van der Waals surface area contributed by atoms with Crippen LogP contribution in [0.5, 0.6) is 5.75 Å². The van der Waals surface area contributed by atoms with Crippen LogP contribution in [0, 0.1) is 17.2 Å². The number of imide groups is 1. The number of piperidine rings is 2. The Balaban J connectivity index is 0.775. The summed E-state index contributed by atoms with van der Waals surface area (Å²) < 4.78 is 48.1. The van der Waals surface area contributed by atoms with Gasteiger partial charge in [0.05, 0.1) is 40.1 Å². The molecule has 3 aliphatic heterocycles. The molecule has 308 valence electrons. The number of hydrogen-bond acceptors (Lipinski definition) is 9. The van der Waals surface area contributed by atoms with Crippen molar-refractivity contribution >= 4 is 46.3 Å². The molecule has 5 heterocycles. The maximum atomic E-state index is 13.6. The zero-order valence-electron chi connectivity index (χ0n) is 32.3. The van der Waals surface area contributed by atoms with Crippen molar-refractivity contribution in [1.82, 2.24) is 30.1 Å². The molecule has 4 fully saturated rings. The average Bonchev–Trinajstić information content (AvgIpc) is 3.69. The second-order valence-electron chi connectivity index (χ2n) is 15.7. The smallest absolute Gasteiger partial charge is 0.417 e. The standard InChI is InChI=1S/C42H44F3N9O5/c43-42(44,45)34-22-32(7-4-27(34)23-46)59-31-8-5-29(6-9-31)49-38(56)28-24-47-40(48-25-28)52-16-10-26(11-17-52)39(57)51-18-12-30(13-19-51)53-20-14-33-35(53)2-1-3-36(33)54-21-15-37(55)50-41(54)58/h1-4,7,14,20,22,24-26,29-31H,5-6,8-13,15-19,21H2,(H,49,56)(H,50,55,58). The number of anilines is 2. The topological polar surface area (TPSA) is 166 Å². The molecule has 1 aliphatic carbocycles. The summed E-state index contributed by atoms with van der Waals surface area (Å²) in [5.74, 6) is 0.0611. The molecule has 0 unspecified atom stereocenters. The lowest BCUT2D eigenvalue weighted by molar-refractivity contribution is -0.138. The molecule has 1 saturated carbocycles. The van der Waals surface area contributed by atoms with E-state index in [-0.39, 0.29) is 54.0 Å². The number of carbonyl (C=O) groups is 4. The number of hydrogen-bond donors (Lipinski definition) is 2. The summed E-state index contributed by atoms with van der Waals surface area (Å²) in [7, 11) is 0. The summed E-state index contributed by atoms with van der Waals surface area (Å²) in [6.45, 7) is 2.89. The first kappa shape index (κ1) is 39.6. The van der Waals surface area contributed by atoms with Gasteiger partial charge in [-0.2, -0.15) is 18.4 Å². The van der Waals surface area contributed by atoms with Crippen LogP contribution in [0.1, 0.15) is 85.3 Å². The van der Waals surface area contributed by atoms with E-state index in [1.807, 2.05) is 40.3 Å². The summed E-state index contributed by atoms with van der Waals surface area (Å²) in [6.07, 6.45) is 5.55. The number of carbonyl (C=O) groups excluding carboxylic acids is 4. The Morgan fingerprint density at radius 1 is 0.898 bits per heavy atom. The number of halogens is 3. The van der Waals surface area contributed by atoms with Crippen molar-refractivity contribution < 1.29 is 37.1 Å². The Kier molecular flexibility index (Phi) is 11.1. The summed E-state index contributed by atoms with van der Waals surface area (Å²) in [5.41, 5.74) is 0.630. The number of nitrogens with zero attached hydrogens (tertiary/aromatic N) is 7. The van der Waals surface area contributed by atoms with Crippen LogP contribution in [-0.4, -0.2) is 88.1 Å². The molecule has 2 aromatic heterocycles. The van der Waals surface area contributed by atoms with Crippen LogP contribution >= 0.6 is 0 Å². The largest absolute Gasteiger partial charge is 0.490 e. The number of rotatable bonds is 8. The Hall–Kier alpha value is -6.18. The lowest BCUT2D eigenvalue weighted by Gasteiger charge is -2.37. The fourth-order valence-corrected chi connectivity index (χ4v) is 8.79. The molecule has 2 N–H and O–H groups in total. The Labute approximate surface area is 338 Å². The van der Waals surface area contributed by atoms with E-state index >= 15 is 0 Å². The number of nitriles is 1. The van der Waals surface area contributed by atoms with E-state index in [9.17, 15) is 32.3 Å². The second-order valence-corrected chi connectivity index (χ2v) is 15.7. The van der Waals surface area contributed by atoms with E-state index in [0.717, 1.165) is 41.6 Å². The zero-order valence-corrected chi connectivity index (χ0v) is 32.3. The number of benzene rings is 2. The van der Waals surface area contributed by atoms with Gasteiger partial charge in [0.15, 0.2) is 0 Å². The first-order valence-electron chi connectivity index (χ1n) is 20.1. The van der Waals surface area contributed by atoms with E-state index in [0.29, 0.717) is 82.8 Å². The number of urea groups is 1. The third-order valence-corrected chi connectivity index (χ3v) is 12.0. The number of alkyl halides is 3. The molecule has 8 rings (SSSR count). The van der Waals surface area contributed by atoms with Gasteiger partial charge in [-0.15, -0.1) is 0 Å². The lowest BCUT2D eigenvalue weighted by Crippen LogP contribution is -2.49. The van der Waals surface area contributed by atoms with Gasteiger partial charge in [-0.25, -0.2) is 14.8 Å². The quantitative estimate of drug-likeness (QED) is 0.218. The molecule has 4 aliphatic rings. The van der Waals surface area contributed by atoms with Crippen molar-refractivity contribution in [2.75, 3.05) is 42.5 Å². The van der Waals surface area contributed by atoms with E-state index in [1.54, 1.807) is 11.0 Å². The van der Waals surface area contributed by atoms with Crippen molar-refractivity contribution in [3.63, 3.8) is 0 Å². The number of ether oxygens (including phenoxy) is 1. The van der Waals surface area contributed by atoms with Gasteiger partial charge in [-0.05, 0) is 87.8 Å². The number of likely N-dealkylation sites (tertiary alicyclic amines) is 1. The number of aromatic nitrogens is 3. The van der Waals surface area contributed by atoms with Crippen LogP contribution in [0.15, 0.2) is 61.1 Å². The van der Waals surface area contributed by atoms with Crippen LogP contribution in [0.25, 0.3) is 10.9 Å². The molecule has 2 aromatic carbocycles. The van der Waals surface area contributed by atoms with Gasteiger partial charge in [0, 0.05) is 81.1 Å². The number of nitrogens with one attached hydrogen (secondary N) is 2. The molecule has 0 bridgehead atoms. The van der Waals surface area contributed by atoms with Crippen molar-refractivity contribution in [2.45, 2.75) is 82.2 Å². The Morgan fingerprint density at radius 3 is 2.31 bits per heavy atom. The highest BCUT2D eigenvalue weighted by Gasteiger charge is 2.35. The van der Waals surface area contributed by atoms with E-state index < -0.39 is 23.3 Å². The maximum absolute atomic E-state index is 13.6. The monoisotopic (exact) mass is 811 g/mol. The molecule has 4 aromatic rings. The van der Waals surface area contributed by atoms with E-state index in [1.165, 1.54) is 18.5 Å². The van der Waals surface area contributed by atoms with Crippen molar-refractivity contribution in [3.05, 3.63) is 77.7 Å². The normalized spacial score (nSPS) is 20.9. The van der Waals surface area contributed by atoms with Crippen LogP contribution in [-0.2, 0) is 15.8 Å². The molecule has 14 nitrogen and oxygen atoms in total. The summed E-state index contributed by atoms with van der Waals surface area (Å²) in [5, 5.41) is 15.4. The molecule has 5 amide bonds. The van der Waals surface area contributed by atoms with Crippen molar-refractivity contribution in [2.24, 2.45) is 5.92 Å². The third kappa shape index (κ3) is 8.53. The molecular weight excluding hydrogens is 768 g/mol. The maximum Gasteiger partial charge on any atom is 0.417 e. The second kappa shape index (κ2) is 16.6. The minimum absolute atomic E-state index is 0.0561. The highest BCUT2D eigenvalue weighted by atomic mass is 19.4. The number of amides is 5. The van der Waals surface area contributed by atoms with Gasteiger partial charge >= 0.3 is 12.2 Å². The first-order valence-corrected chi connectivity index (χ1v) is 20.1. The molecule has 3 saturated heterocycles. The minimum Gasteiger partial charge on any atom is -0.490 e. The van der Waals surface area contributed by atoms with Gasteiger partial charge in [-0.3, -0.25) is 24.6 Å². The van der Waals surface area contributed by atoms with Gasteiger partial charge in [0.2, 0.25) is 17.8 Å². The Bertz CT molecular complexity index is 2270. The first-order chi connectivity index (χ1) is 28.4. The molecule has 0 radical (unpaired) electrons. The predicted molar refractivity (Wildman–Crippen MR) is 210 cm³/mol. The summed E-state index contributed by atoms with van der Waals surface area (Å²) >= 11 is 0. The van der Waals surface area contributed by atoms with Crippen LogP contribution < -0.4 is 25.2 Å². The molecule has 17 heteroatoms. The van der Waals surface area contributed by atoms with E-state index in [2.05, 4.69) is 25.2 Å². The molecular formula is C42H44F3N9O5. The van der Waals surface area contributed by atoms with Crippen LogP contribution in [0.4, 0.5) is 29.6 Å². The highest BCUT2D eigenvalue weighted by Crippen LogP contribution is 2.36. The molecule has 59 heavy (non-hydrogen) atoms.